The Hall–Kier alpha value is -1.65. The third-order valence-electron chi connectivity index (χ3n) is 4.17. The zero-order chi connectivity index (χ0) is 14.1. The van der Waals surface area contributed by atoms with Gasteiger partial charge in [0, 0.05) is 30.6 Å². The fourth-order valence-electron chi connectivity index (χ4n) is 2.77. The van der Waals surface area contributed by atoms with Crippen LogP contribution in [-0.2, 0) is 11.3 Å². The average Bonchev–Trinajstić information content (AvgIpc) is 3.21. The summed E-state index contributed by atoms with van der Waals surface area (Å²) in [4.78, 5) is 4.55. The number of ether oxygens (including phenoxy) is 2. The Morgan fingerprint density at radius 2 is 2.05 bits per heavy atom. The van der Waals surface area contributed by atoms with E-state index in [9.17, 15) is 0 Å². The molecule has 4 nitrogen and oxygen atoms in total. The zero-order valence-electron chi connectivity index (χ0n) is 12.0. The molecule has 2 fully saturated rings. The minimum absolute atomic E-state index is 0.136. The molecule has 1 aliphatic heterocycles. The van der Waals surface area contributed by atoms with Gasteiger partial charge in [-0.25, -0.2) is 4.98 Å². The van der Waals surface area contributed by atoms with Crippen LogP contribution < -0.4 is 10.1 Å². The monoisotopic (exact) mass is 284 g/mol. The predicted molar refractivity (Wildman–Crippen MR) is 81.5 cm³/mol. The van der Waals surface area contributed by atoms with E-state index in [2.05, 4.69) is 28.5 Å². The molecular formula is C17H20N2O2. The average molecular weight is 284 g/mol. The van der Waals surface area contributed by atoms with E-state index in [0.29, 0.717) is 12.6 Å². The first kappa shape index (κ1) is 13.0. The van der Waals surface area contributed by atoms with Crippen LogP contribution in [0.25, 0.3) is 10.8 Å². The lowest BCUT2D eigenvalue weighted by molar-refractivity contribution is 0.139. The SMILES string of the molecule is c1ccc2c(OC3CCOC3)ncc(CNC3CC3)c2c1. The van der Waals surface area contributed by atoms with Gasteiger partial charge in [0.25, 0.3) is 0 Å². The maximum atomic E-state index is 6.02. The van der Waals surface area contributed by atoms with Crippen LogP contribution in [0.5, 0.6) is 5.88 Å². The summed E-state index contributed by atoms with van der Waals surface area (Å²) in [5, 5.41) is 5.88. The van der Waals surface area contributed by atoms with Crippen LogP contribution in [0.2, 0.25) is 0 Å². The van der Waals surface area contributed by atoms with E-state index in [1.807, 2.05) is 12.3 Å². The lowest BCUT2D eigenvalue weighted by Crippen LogP contribution is -2.18. The highest BCUT2D eigenvalue weighted by Crippen LogP contribution is 2.28. The molecular weight excluding hydrogens is 264 g/mol. The van der Waals surface area contributed by atoms with Crippen molar-refractivity contribution in [2.24, 2.45) is 0 Å². The normalized spacial score (nSPS) is 21.8. The third-order valence-corrected chi connectivity index (χ3v) is 4.17. The van der Waals surface area contributed by atoms with Crippen LogP contribution in [0, 0.1) is 0 Å². The molecule has 1 N–H and O–H groups in total. The van der Waals surface area contributed by atoms with E-state index >= 15 is 0 Å². The van der Waals surface area contributed by atoms with E-state index in [4.69, 9.17) is 9.47 Å². The number of aromatic nitrogens is 1. The summed E-state index contributed by atoms with van der Waals surface area (Å²) in [6.45, 7) is 2.33. The molecule has 4 heteroatoms. The van der Waals surface area contributed by atoms with Gasteiger partial charge in [-0.3, -0.25) is 0 Å². The van der Waals surface area contributed by atoms with Crippen LogP contribution in [0.4, 0.5) is 0 Å². The molecule has 2 heterocycles. The highest BCUT2D eigenvalue weighted by atomic mass is 16.5. The lowest BCUT2D eigenvalue weighted by Gasteiger charge is -2.15. The van der Waals surface area contributed by atoms with Gasteiger partial charge < -0.3 is 14.8 Å². The molecule has 110 valence electrons. The van der Waals surface area contributed by atoms with E-state index in [0.717, 1.165) is 30.8 Å². The highest BCUT2D eigenvalue weighted by Gasteiger charge is 2.22. The molecule has 1 saturated heterocycles. The summed E-state index contributed by atoms with van der Waals surface area (Å²) < 4.78 is 11.4. The van der Waals surface area contributed by atoms with Crippen LogP contribution in [0.1, 0.15) is 24.8 Å². The molecule has 1 atom stereocenters. The Morgan fingerprint density at radius 1 is 1.19 bits per heavy atom. The first-order valence-corrected chi connectivity index (χ1v) is 7.74. The van der Waals surface area contributed by atoms with Gasteiger partial charge in [0.2, 0.25) is 5.88 Å². The second-order valence-corrected chi connectivity index (χ2v) is 5.89. The first-order chi connectivity index (χ1) is 10.4. The molecule has 0 spiro atoms. The quantitative estimate of drug-likeness (QED) is 0.916. The first-order valence-electron chi connectivity index (χ1n) is 7.74. The van der Waals surface area contributed by atoms with Crippen molar-refractivity contribution in [3.05, 3.63) is 36.0 Å². The Kier molecular flexibility index (Phi) is 3.49. The van der Waals surface area contributed by atoms with Crippen LogP contribution >= 0.6 is 0 Å². The maximum absolute atomic E-state index is 6.02. The summed E-state index contributed by atoms with van der Waals surface area (Å²) >= 11 is 0. The van der Waals surface area contributed by atoms with Crippen molar-refractivity contribution in [1.29, 1.82) is 0 Å². The molecule has 0 radical (unpaired) electrons. The Labute approximate surface area is 124 Å². The fraction of sp³-hybridized carbons (Fsp3) is 0.471. The zero-order valence-corrected chi connectivity index (χ0v) is 12.0. The Bertz CT molecular complexity index is 634. The topological polar surface area (TPSA) is 43.4 Å². The smallest absolute Gasteiger partial charge is 0.221 e. The van der Waals surface area contributed by atoms with Gasteiger partial charge in [-0.05, 0) is 29.9 Å². The predicted octanol–water partition coefficient (Wildman–Crippen LogP) is 2.65. The van der Waals surface area contributed by atoms with E-state index in [-0.39, 0.29) is 6.10 Å². The van der Waals surface area contributed by atoms with Crippen molar-refractivity contribution in [2.45, 2.75) is 38.0 Å². The molecule has 1 aliphatic carbocycles. The van der Waals surface area contributed by atoms with Gasteiger partial charge in [-0.15, -0.1) is 0 Å². The van der Waals surface area contributed by atoms with Crippen LogP contribution in [0.3, 0.4) is 0 Å². The van der Waals surface area contributed by atoms with Crippen LogP contribution in [-0.4, -0.2) is 30.3 Å². The van der Waals surface area contributed by atoms with Crippen molar-refractivity contribution in [2.75, 3.05) is 13.2 Å². The number of benzene rings is 1. The maximum Gasteiger partial charge on any atom is 0.221 e. The van der Waals surface area contributed by atoms with Crippen molar-refractivity contribution in [3.63, 3.8) is 0 Å². The Morgan fingerprint density at radius 3 is 2.81 bits per heavy atom. The van der Waals surface area contributed by atoms with E-state index in [1.54, 1.807) is 0 Å². The molecule has 21 heavy (non-hydrogen) atoms. The summed E-state index contributed by atoms with van der Waals surface area (Å²) in [6, 6.07) is 9.06. The number of fused-ring (bicyclic) bond motifs is 1. The Balaban J connectivity index is 1.63. The van der Waals surface area contributed by atoms with Crippen molar-refractivity contribution >= 4 is 10.8 Å². The molecule has 2 aromatic rings. The molecule has 2 aliphatic rings. The van der Waals surface area contributed by atoms with Crippen molar-refractivity contribution < 1.29 is 9.47 Å². The second-order valence-electron chi connectivity index (χ2n) is 5.89. The van der Waals surface area contributed by atoms with Crippen LogP contribution in [0.15, 0.2) is 30.5 Å². The van der Waals surface area contributed by atoms with Gasteiger partial charge in [0.05, 0.1) is 13.2 Å². The molecule has 4 rings (SSSR count). The largest absolute Gasteiger partial charge is 0.471 e. The lowest BCUT2D eigenvalue weighted by atomic mass is 10.1. The van der Waals surface area contributed by atoms with Gasteiger partial charge in [-0.1, -0.05) is 18.2 Å². The van der Waals surface area contributed by atoms with Crippen molar-refractivity contribution in [3.8, 4) is 5.88 Å². The number of nitrogens with one attached hydrogen (secondary N) is 1. The number of pyridine rings is 1. The summed E-state index contributed by atoms with van der Waals surface area (Å²) in [5.41, 5.74) is 1.24. The molecule has 0 amide bonds. The fourth-order valence-corrected chi connectivity index (χ4v) is 2.77. The summed E-state index contributed by atoms with van der Waals surface area (Å²) in [7, 11) is 0. The van der Waals surface area contributed by atoms with Gasteiger partial charge in [0.15, 0.2) is 0 Å². The second kappa shape index (κ2) is 5.62. The third kappa shape index (κ3) is 2.87. The minimum Gasteiger partial charge on any atom is -0.471 e. The van der Waals surface area contributed by atoms with Gasteiger partial charge in [-0.2, -0.15) is 0 Å². The minimum atomic E-state index is 0.136. The standard InChI is InChI=1S/C17H20N2O2/c1-2-4-16-15(3-1)12(9-18-13-5-6-13)10-19-17(16)21-14-7-8-20-11-14/h1-4,10,13-14,18H,5-9,11H2. The van der Waals surface area contributed by atoms with E-state index in [1.165, 1.54) is 23.8 Å². The number of rotatable bonds is 5. The molecule has 0 bridgehead atoms. The number of hydrogen-bond donors (Lipinski definition) is 1. The molecule has 1 aromatic heterocycles. The summed E-state index contributed by atoms with van der Waals surface area (Å²) in [5.74, 6) is 0.733. The van der Waals surface area contributed by atoms with Crippen molar-refractivity contribution in [1.82, 2.24) is 10.3 Å². The van der Waals surface area contributed by atoms with Gasteiger partial charge >= 0.3 is 0 Å². The van der Waals surface area contributed by atoms with Gasteiger partial charge in [0.1, 0.15) is 6.10 Å². The summed E-state index contributed by atoms with van der Waals surface area (Å²) in [6.07, 6.45) is 5.63. The number of nitrogens with zero attached hydrogens (tertiary/aromatic N) is 1. The molecule has 1 unspecified atom stereocenters. The van der Waals surface area contributed by atoms with E-state index < -0.39 is 0 Å². The number of hydrogen-bond acceptors (Lipinski definition) is 4. The molecule has 1 aromatic carbocycles. The highest BCUT2D eigenvalue weighted by molar-refractivity contribution is 5.89. The molecule has 1 saturated carbocycles.